The molecular formula is C24H31BrN4O5. The summed E-state index contributed by atoms with van der Waals surface area (Å²) in [7, 11) is 0. The number of amides is 2. The van der Waals surface area contributed by atoms with Crippen LogP contribution >= 0.6 is 15.9 Å². The lowest BCUT2D eigenvalue weighted by molar-refractivity contribution is 0.0427. The van der Waals surface area contributed by atoms with Crippen LogP contribution in [0.5, 0.6) is 5.75 Å². The van der Waals surface area contributed by atoms with Gasteiger partial charge >= 0.3 is 12.2 Å². The van der Waals surface area contributed by atoms with Gasteiger partial charge in [0.2, 0.25) is 5.95 Å². The molecule has 0 aromatic carbocycles. The second-order valence-corrected chi connectivity index (χ2v) is 11.0. The molecule has 0 N–H and O–H groups in total. The normalized spacial score (nSPS) is 18.3. The van der Waals surface area contributed by atoms with Gasteiger partial charge in [0.1, 0.15) is 11.2 Å². The molecule has 3 rings (SSSR count). The van der Waals surface area contributed by atoms with E-state index in [0.29, 0.717) is 5.75 Å². The minimum Gasteiger partial charge on any atom is -0.488 e. The van der Waals surface area contributed by atoms with Crippen molar-refractivity contribution < 1.29 is 23.8 Å². The fourth-order valence-corrected chi connectivity index (χ4v) is 3.80. The predicted molar refractivity (Wildman–Crippen MR) is 130 cm³/mol. The molecule has 9 nitrogen and oxygen atoms in total. The molecule has 1 saturated carbocycles. The summed E-state index contributed by atoms with van der Waals surface area (Å²) in [5.74, 6) is 0.813. The molecular weight excluding hydrogens is 504 g/mol. The van der Waals surface area contributed by atoms with E-state index in [0.717, 1.165) is 34.2 Å². The highest BCUT2D eigenvalue weighted by atomic mass is 79.9. The van der Waals surface area contributed by atoms with Crippen molar-refractivity contribution in [1.82, 2.24) is 15.0 Å². The first-order valence-corrected chi connectivity index (χ1v) is 12.0. The van der Waals surface area contributed by atoms with E-state index in [-0.39, 0.29) is 18.0 Å². The summed E-state index contributed by atoms with van der Waals surface area (Å²) < 4.78 is 17.7. The Hall–Kier alpha value is -2.75. The second kappa shape index (κ2) is 10.2. The third kappa shape index (κ3) is 7.12. The van der Waals surface area contributed by atoms with Crippen molar-refractivity contribution >= 4 is 34.1 Å². The topological polar surface area (TPSA) is 104 Å². The molecule has 184 valence electrons. The van der Waals surface area contributed by atoms with Gasteiger partial charge in [-0.15, -0.1) is 4.90 Å². The Balaban J connectivity index is 1.73. The number of hydrogen-bond acceptors (Lipinski definition) is 8. The summed E-state index contributed by atoms with van der Waals surface area (Å²) >= 11 is 3.48. The summed E-state index contributed by atoms with van der Waals surface area (Å²) in [5.41, 5.74) is -0.702. The molecule has 2 aromatic rings. The fraction of sp³-hybridized carbons (Fsp3) is 0.542. The zero-order valence-electron chi connectivity index (χ0n) is 20.4. The van der Waals surface area contributed by atoms with Crippen molar-refractivity contribution in [2.45, 2.75) is 84.0 Å². The van der Waals surface area contributed by atoms with E-state index in [2.05, 4.69) is 30.9 Å². The molecule has 2 aromatic heterocycles. The summed E-state index contributed by atoms with van der Waals surface area (Å²) in [6, 6.07) is 1.84. The standard InChI is InChI=1S/C24H31BrN4O5/c1-23(2,3)33-21(30)29(22(31)34-24(4,5)6)20-27-12-16(13-28-20)15-7-8-17(11-15)32-19-14-26-10-9-18(19)25/h9-10,12-15,17H,7-8,11H2,1-6H3/t15-,17+/m1/s1. The van der Waals surface area contributed by atoms with Crippen LogP contribution in [0.15, 0.2) is 35.3 Å². The van der Waals surface area contributed by atoms with Crippen molar-refractivity contribution in [2.75, 3.05) is 4.90 Å². The molecule has 0 spiro atoms. The minimum atomic E-state index is -0.897. The summed E-state index contributed by atoms with van der Waals surface area (Å²) in [6.07, 6.45) is 7.51. The van der Waals surface area contributed by atoms with Gasteiger partial charge in [0.15, 0.2) is 5.75 Å². The molecule has 0 bridgehead atoms. The number of halogens is 1. The Morgan fingerprint density at radius 3 is 2.09 bits per heavy atom. The summed E-state index contributed by atoms with van der Waals surface area (Å²) in [4.78, 5) is 39.0. The lowest BCUT2D eigenvalue weighted by Crippen LogP contribution is -2.44. The molecule has 1 fully saturated rings. The molecule has 2 amide bonds. The minimum absolute atomic E-state index is 0.0465. The largest absolute Gasteiger partial charge is 0.488 e. The van der Waals surface area contributed by atoms with Crippen LogP contribution in [-0.2, 0) is 9.47 Å². The molecule has 34 heavy (non-hydrogen) atoms. The second-order valence-electron chi connectivity index (χ2n) is 10.2. The van der Waals surface area contributed by atoms with Crippen LogP contribution in [0.3, 0.4) is 0 Å². The van der Waals surface area contributed by atoms with Crippen LogP contribution in [-0.4, -0.2) is 44.4 Å². The van der Waals surface area contributed by atoms with E-state index in [1.54, 1.807) is 66.3 Å². The SMILES string of the molecule is CC(C)(C)OC(=O)N(C(=O)OC(C)(C)C)c1ncc([C@@H]2CC[C@H](Oc3cnccc3Br)C2)cn1. The van der Waals surface area contributed by atoms with Crippen LogP contribution in [0.4, 0.5) is 15.5 Å². The molecule has 0 saturated heterocycles. The first-order chi connectivity index (χ1) is 15.8. The third-order valence-corrected chi connectivity index (χ3v) is 5.55. The quantitative estimate of drug-likeness (QED) is 0.468. The van der Waals surface area contributed by atoms with E-state index in [1.807, 2.05) is 6.07 Å². The Morgan fingerprint density at radius 1 is 0.971 bits per heavy atom. The molecule has 2 heterocycles. The maximum absolute atomic E-state index is 12.8. The molecule has 0 aliphatic heterocycles. The van der Waals surface area contributed by atoms with Crippen molar-refractivity contribution in [3.8, 4) is 5.75 Å². The predicted octanol–water partition coefficient (Wildman–Crippen LogP) is 6.03. The van der Waals surface area contributed by atoms with Crippen molar-refractivity contribution in [3.05, 3.63) is 40.9 Å². The number of imide groups is 1. The average Bonchev–Trinajstić information content (AvgIpc) is 3.16. The zero-order chi connectivity index (χ0) is 25.1. The number of rotatable bonds is 4. The molecule has 0 radical (unpaired) electrons. The Morgan fingerprint density at radius 2 is 1.56 bits per heavy atom. The van der Waals surface area contributed by atoms with Crippen LogP contribution < -0.4 is 9.64 Å². The number of hydrogen-bond donors (Lipinski definition) is 0. The Bertz CT molecular complexity index is 989. The average molecular weight is 535 g/mol. The maximum atomic E-state index is 12.8. The molecule has 2 atom stereocenters. The maximum Gasteiger partial charge on any atom is 0.427 e. The molecule has 10 heteroatoms. The van der Waals surface area contributed by atoms with Gasteiger partial charge in [0.05, 0.1) is 16.8 Å². The van der Waals surface area contributed by atoms with Crippen molar-refractivity contribution in [3.63, 3.8) is 0 Å². The van der Waals surface area contributed by atoms with E-state index in [9.17, 15) is 9.59 Å². The first kappa shape index (κ1) is 25.9. The number of pyridine rings is 1. The van der Waals surface area contributed by atoms with E-state index in [1.165, 1.54) is 0 Å². The number of carbonyl (C=O) groups excluding carboxylic acids is 2. The fourth-order valence-electron chi connectivity index (χ4n) is 3.49. The Labute approximate surface area is 208 Å². The van der Waals surface area contributed by atoms with Gasteiger partial charge < -0.3 is 14.2 Å². The van der Waals surface area contributed by atoms with Crippen LogP contribution in [0.1, 0.15) is 72.3 Å². The van der Waals surface area contributed by atoms with E-state index < -0.39 is 23.4 Å². The van der Waals surface area contributed by atoms with Crippen molar-refractivity contribution in [2.24, 2.45) is 0 Å². The molecule has 1 aliphatic carbocycles. The smallest absolute Gasteiger partial charge is 0.427 e. The highest BCUT2D eigenvalue weighted by Crippen LogP contribution is 2.37. The van der Waals surface area contributed by atoms with Crippen LogP contribution in [0, 0.1) is 0 Å². The van der Waals surface area contributed by atoms with Gasteiger partial charge in [-0.05, 0) is 94.3 Å². The van der Waals surface area contributed by atoms with Gasteiger partial charge in [-0.25, -0.2) is 19.6 Å². The van der Waals surface area contributed by atoms with Crippen molar-refractivity contribution in [1.29, 1.82) is 0 Å². The van der Waals surface area contributed by atoms with Gasteiger partial charge in [-0.3, -0.25) is 4.98 Å². The lowest BCUT2D eigenvalue weighted by atomic mass is 10.0. The number of nitrogens with zero attached hydrogens (tertiary/aromatic N) is 4. The number of carbonyl (C=O) groups is 2. The van der Waals surface area contributed by atoms with Crippen LogP contribution in [0.2, 0.25) is 0 Å². The number of aromatic nitrogens is 3. The van der Waals surface area contributed by atoms with Gasteiger partial charge in [-0.2, -0.15) is 0 Å². The lowest BCUT2D eigenvalue weighted by Gasteiger charge is -2.27. The summed E-state index contributed by atoms with van der Waals surface area (Å²) in [5, 5.41) is 0. The Kier molecular flexibility index (Phi) is 7.80. The number of ether oxygens (including phenoxy) is 3. The van der Waals surface area contributed by atoms with Crippen LogP contribution in [0.25, 0.3) is 0 Å². The molecule has 1 aliphatic rings. The zero-order valence-corrected chi connectivity index (χ0v) is 22.0. The monoisotopic (exact) mass is 534 g/mol. The van der Waals surface area contributed by atoms with Gasteiger partial charge in [0, 0.05) is 18.6 Å². The first-order valence-electron chi connectivity index (χ1n) is 11.2. The highest BCUT2D eigenvalue weighted by molar-refractivity contribution is 9.10. The van der Waals surface area contributed by atoms with E-state index in [4.69, 9.17) is 14.2 Å². The number of anilines is 1. The summed E-state index contributed by atoms with van der Waals surface area (Å²) in [6.45, 7) is 10.3. The van der Waals surface area contributed by atoms with Gasteiger partial charge in [0.25, 0.3) is 0 Å². The van der Waals surface area contributed by atoms with Gasteiger partial charge in [-0.1, -0.05) is 0 Å². The third-order valence-electron chi connectivity index (χ3n) is 4.89. The molecule has 0 unspecified atom stereocenters. The highest BCUT2D eigenvalue weighted by Gasteiger charge is 2.35. The van der Waals surface area contributed by atoms with E-state index >= 15 is 0 Å².